The average molecular weight is 493 g/mol. The van der Waals surface area contributed by atoms with E-state index in [1.165, 1.54) is 5.56 Å². The highest BCUT2D eigenvalue weighted by Crippen LogP contribution is 2.38. The lowest BCUT2D eigenvalue weighted by atomic mass is 9.81. The number of amides is 1. The van der Waals surface area contributed by atoms with Crippen molar-refractivity contribution in [3.63, 3.8) is 0 Å². The maximum atomic E-state index is 12.4. The summed E-state index contributed by atoms with van der Waals surface area (Å²) < 4.78 is 2.12. The van der Waals surface area contributed by atoms with Gasteiger partial charge in [0.15, 0.2) is 0 Å². The van der Waals surface area contributed by atoms with Crippen LogP contribution in [0.25, 0.3) is 27.8 Å². The summed E-state index contributed by atoms with van der Waals surface area (Å²) in [6.07, 6.45) is 9.25. The zero-order chi connectivity index (χ0) is 25.2. The van der Waals surface area contributed by atoms with Crippen LogP contribution in [0.15, 0.2) is 73.1 Å². The van der Waals surface area contributed by atoms with Gasteiger partial charge in [-0.05, 0) is 55.7 Å². The van der Waals surface area contributed by atoms with Crippen molar-refractivity contribution in [1.29, 1.82) is 0 Å². The number of benzene rings is 2. The number of carbonyl (C=O) groups is 1. The molecule has 7 heteroatoms. The van der Waals surface area contributed by atoms with E-state index in [9.17, 15) is 4.79 Å². The van der Waals surface area contributed by atoms with Gasteiger partial charge in [0.2, 0.25) is 5.91 Å². The average Bonchev–Trinajstić information content (AvgIpc) is 3.54. The Hall–Kier alpha value is -4.13. The predicted octanol–water partition coefficient (Wildman–Crippen LogP) is 5.48. The van der Waals surface area contributed by atoms with Gasteiger partial charge < -0.3 is 16.0 Å². The molecule has 3 aromatic heterocycles. The molecule has 0 saturated heterocycles. The van der Waals surface area contributed by atoms with Gasteiger partial charge in [0.1, 0.15) is 22.9 Å². The molecule has 7 nitrogen and oxygen atoms in total. The number of rotatable bonds is 7. The first kappa shape index (κ1) is 23.3. The maximum Gasteiger partial charge on any atom is 0.220 e. The number of aryl methyl sites for hydroxylation is 1. The van der Waals surface area contributed by atoms with Crippen molar-refractivity contribution in [3.8, 4) is 11.4 Å². The molecule has 0 radical (unpaired) electrons. The standard InChI is InChI=1S/C30H32N6O/c31-29-28-27(25-18-23-8-4-5-9-24(23)34-25)35-30(36(28)17-16-32-29)22-13-10-21(11-14-22)19-33-26(37)15-12-20-6-2-1-3-7-20/h1-9,16-18,21-22,34H,10-15,19H2,(H2,31,32)(H,33,37). The number of fused-ring (bicyclic) bond motifs is 2. The smallest absolute Gasteiger partial charge is 0.220 e. The van der Waals surface area contributed by atoms with E-state index >= 15 is 0 Å². The summed E-state index contributed by atoms with van der Waals surface area (Å²) >= 11 is 0. The first-order valence-corrected chi connectivity index (χ1v) is 13.2. The van der Waals surface area contributed by atoms with Crippen molar-refractivity contribution < 1.29 is 4.79 Å². The number of hydrogen-bond acceptors (Lipinski definition) is 4. The van der Waals surface area contributed by atoms with Gasteiger partial charge in [0.25, 0.3) is 0 Å². The highest BCUT2D eigenvalue weighted by molar-refractivity contribution is 5.91. The van der Waals surface area contributed by atoms with Crippen molar-refractivity contribution in [2.24, 2.45) is 5.92 Å². The van der Waals surface area contributed by atoms with E-state index in [-0.39, 0.29) is 5.91 Å². The Balaban J connectivity index is 1.13. The number of carbonyl (C=O) groups excluding carboxylic acids is 1. The second-order valence-corrected chi connectivity index (χ2v) is 10.1. The highest BCUT2D eigenvalue weighted by Gasteiger charge is 2.28. The zero-order valence-corrected chi connectivity index (χ0v) is 20.9. The molecule has 1 fully saturated rings. The van der Waals surface area contributed by atoms with Crippen LogP contribution in [0.1, 0.15) is 49.4 Å². The number of nitrogens with one attached hydrogen (secondary N) is 2. The summed E-state index contributed by atoms with van der Waals surface area (Å²) in [5.41, 5.74) is 11.3. The first-order chi connectivity index (χ1) is 18.2. The van der Waals surface area contributed by atoms with Crippen LogP contribution in [0.4, 0.5) is 5.82 Å². The lowest BCUT2D eigenvalue weighted by Gasteiger charge is -2.28. The van der Waals surface area contributed by atoms with Gasteiger partial charge in [0, 0.05) is 42.2 Å². The number of imidazole rings is 1. The molecule has 0 aliphatic heterocycles. The lowest BCUT2D eigenvalue weighted by molar-refractivity contribution is -0.121. The quantitative estimate of drug-likeness (QED) is 0.280. The molecule has 188 valence electrons. The molecule has 5 aromatic rings. The molecule has 6 rings (SSSR count). The van der Waals surface area contributed by atoms with Gasteiger partial charge in [-0.15, -0.1) is 0 Å². The molecule has 1 amide bonds. The molecule has 0 atom stereocenters. The Morgan fingerprint density at radius 2 is 1.84 bits per heavy atom. The third kappa shape index (κ3) is 4.81. The third-order valence-electron chi connectivity index (χ3n) is 7.68. The van der Waals surface area contributed by atoms with Crippen LogP contribution in [0, 0.1) is 5.92 Å². The Morgan fingerprint density at radius 3 is 2.65 bits per heavy atom. The molecule has 1 aliphatic carbocycles. The van der Waals surface area contributed by atoms with Crippen LogP contribution in [0.3, 0.4) is 0 Å². The number of anilines is 1. The molecular weight excluding hydrogens is 460 g/mol. The Labute approximate surface area is 216 Å². The van der Waals surface area contributed by atoms with Crippen LogP contribution in [0.5, 0.6) is 0 Å². The largest absolute Gasteiger partial charge is 0.382 e. The number of nitrogen functional groups attached to an aromatic ring is 1. The summed E-state index contributed by atoms with van der Waals surface area (Å²) in [5.74, 6) is 2.52. The minimum Gasteiger partial charge on any atom is -0.382 e. The van der Waals surface area contributed by atoms with Gasteiger partial charge in [-0.1, -0.05) is 48.5 Å². The fourth-order valence-corrected chi connectivity index (χ4v) is 5.64. The molecule has 37 heavy (non-hydrogen) atoms. The van der Waals surface area contributed by atoms with Crippen LogP contribution >= 0.6 is 0 Å². The molecule has 0 bridgehead atoms. The molecule has 1 saturated carbocycles. The number of aromatic amines is 1. The lowest BCUT2D eigenvalue weighted by Crippen LogP contribution is -2.31. The van der Waals surface area contributed by atoms with Crippen molar-refractivity contribution in [3.05, 3.63) is 84.4 Å². The Kier molecular flexibility index (Phi) is 6.35. The number of nitrogens with two attached hydrogens (primary N) is 1. The fraction of sp³-hybridized carbons (Fsp3) is 0.300. The van der Waals surface area contributed by atoms with E-state index in [0.29, 0.717) is 24.1 Å². The second-order valence-electron chi connectivity index (χ2n) is 10.1. The Morgan fingerprint density at radius 1 is 1.05 bits per heavy atom. The number of hydrogen-bond donors (Lipinski definition) is 3. The highest BCUT2D eigenvalue weighted by atomic mass is 16.1. The zero-order valence-electron chi connectivity index (χ0n) is 20.9. The van der Waals surface area contributed by atoms with E-state index in [1.807, 2.05) is 36.5 Å². The van der Waals surface area contributed by atoms with E-state index in [4.69, 9.17) is 10.7 Å². The normalized spacial score (nSPS) is 17.8. The molecule has 0 spiro atoms. The second kappa shape index (κ2) is 10.1. The molecule has 2 aromatic carbocycles. The minimum absolute atomic E-state index is 0.135. The molecule has 0 unspecified atom stereocenters. The third-order valence-corrected chi connectivity index (χ3v) is 7.68. The Bertz CT molecular complexity index is 1500. The molecule has 1 aliphatic rings. The predicted molar refractivity (Wildman–Crippen MR) is 147 cm³/mol. The number of para-hydroxylation sites is 1. The SMILES string of the molecule is Nc1nccn2c(C3CCC(CNC(=O)CCc4ccccc4)CC3)nc(-c3cc4ccccc4[nH]3)c12. The van der Waals surface area contributed by atoms with Crippen LogP contribution in [-0.2, 0) is 11.2 Å². The molecule has 3 heterocycles. The summed E-state index contributed by atoms with van der Waals surface area (Å²) in [5, 5.41) is 4.31. The van der Waals surface area contributed by atoms with Gasteiger partial charge >= 0.3 is 0 Å². The summed E-state index contributed by atoms with van der Waals surface area (Å²) in [6.45, 7) is 0.750. The van der Waals surface area contributed by atoms with Crippen molar-refractivity contribution >= 4 is 28.1 Å². The van der Waals surface area contributed by atoms with E-state index in [1.54, 1.807) is 6.20 Å². The van der Waals surface area contributed by atoms with Crippen molar-refractivity contribution in [2.75, 3.05) is 12.3 Å². The minimum atomic E-state index is 0.135. The number of nitrogens with zero attached hydrogens (tertiary/aromatic N) is 3. The van der Waals surface area contributed by atoms with Crippen LogP contribution in [0.2, 0.25) is 0 Å². The fourth-order valence-electron chi connectivity index (χ4n) is 5.64. The maximum absolute atomic E-state index is 12.4. The number of H-pyrrole nitrogens is 1. The van der Waals surface area contributed by atoms with Crippen molar-refractivity contribution in [2.45, 2.75) is 44.4 Å². The molecule has 4 N–H and O–H groups in total. The first-order valence-electron chi connectivity index (χ1n) is 13.2. The van der Waals surface area contributed by atoms with Crippen LogP contribution < -0.4 is 11.1 Å². The molecular formula is C30H32N6O. The van der Waals surface area contributed by atoms with E-state index in [2.05, 4.69) is 50.0 Å². The van der Waals surface area contributed by atoms with Crippen LogP contribution in [-0.4, -0.2) is 31.8 Å². The van der Waals surface area contributed by atoms with Gasteiger partial charge in [0.05, 0.1) is 5.69 Å². The van der Waals surface area contributed by atoms with E-state index < -0.39 is 0 Å². The van der Waals surface area contributed by atoms with Gasteiger partial charge in [-0.3, -0.25) is 9.20 Å². The van der Waals surface area contributed by atoms with Gasteiger partial charge in [-0.25, -0.2) is 9.97 Å². The van der Waals surface area contributed by atoms with E-state index in [0.717, 1.165) is 72.3 Å². The van der Waals surface area contributed by atoms with Gasteiger partial charge in [-0.2, -0.15) is 0 Å². The number of aromatic nitrogens is 4. The summed E-state index contributed by atoms with van der Waals surface area (Å²) in [6, 6.07) is 20.5. The summed E-state index contributed by atoms with van der Waals surface area (Å²) in [4.78, 5) is 25.4. The summed E-state index contributed by atoms with van der Waals surface area (Å²) in [7, 11) is 0. The topological polar surface area (TPSA) is 101 Å². The monoisotopic (exact) mass is 492 g/mol. The van der Waals surface area contributed by atoms with Crippen molar-refractivity contribution in [1.82, 2.24) is 24.7 Å².